The number of hydrogen-bond acceptors (Lipinski definition) is 3. The fourth-order valence-corrected chi connectivity index (χ4v) is 1.60. The molecule has 0 atom stereocenters. The smallest absolute Gasteiger partial charge is 0.330 e. The zero-order chi connectivity index (χ0) is 14.1. The summed E-state index contributed by atoms with van der Waals surface area (Å²) in [6, 6.07) is 8.08. The molecule has 0 bridgehead atoms. The van der Waals surface area contributed by atoms with E-state index in [1.165, 1.54) is 5.56 Å². The Kier molecular flexibility index (Phi) is 6.85. The van der Waals surface area contributed by atoms with Gasteiger partial charge in [-0.05, 0) is 25.0 Å². The summed E-state index contributed by atoms with van der Waals surface area (Å²) in [7, 11) is 0. The SMILES string of the molecule is CCOCc1ccccc1CNC/C=C(/C)C(=O)O. The van der Waals surface area contributed by atoms with Crippen LogP contribution in [0.2, 0.25) is 0 Å². The first-order chi connectivity index (χ1) is 9.15. The number of carboxylic acid groups (broad SMARTS) is 1. The highest BCUT2D eigenvalue weighted by molar-refractivity contribution is 5.85. The fraction of sp³-hybridized carbons (Fsp3) is 0.400. The monoisotopic (exact) mass is 263 g/mol. The Balaban J connectivity index is 2.49. The van der Waals surface area contributed by atoms with Crippen molar-refractivity contribution in [3.8, 4) is 0 Å². The van der Waals surface area contributed by atoms with Crippen LogP contribution >= 0.6 is 0 Å². The summed E-state index contributed by atoms with van der Waals surface area (Å²) < 4.78 is 5.42. The van der Waals surface area contributed by atoms with E-state index in [-0.39, 0.29) is 0 Å². The third-order valence-electron chi connectivity index (χ3n) is 2.79. The average Bonchev–Trinajstić information content (AvgIpc) is 2.42. The molecule has 0 radical (unpaired) electrons. The van der Waals surface area contributed by atoms with Crippen molar-refractivity contribution < 1.29 is 14.6 Å². The third kappa shape index (κ3) is 5.68. The molecule has 0 aliphatic heterocycles. The highest BCUT2D eigenvalue weighted by atomic mass is 16.5. The minimum atomic E-state index is -0.876. The average molecular weight is 263 g/mol. The van der Waals surface area contributed by atoms with Crippen LogP contribution in [-0.2, 0) is 22.7 Å². The van der Waals surface area contributed by atoms with Crippen molar-refractivity contribution in [1.29, 1.82) is 0 Å². The molecule has 104 valence electrons. The predicted octanol–water partition coefficient (Wildman–Crippen LogP) is 2.34. The van der Waals surface area contributed by atoms with Gasteiger partial charge in [-0.1, -0.05) is 30.3 Å². The lowest BCUT2D eigenvalue weighted by molar-refractivity contribution is -0.132. The Labute approximate surface area is 114 Å². The van der Waals surface area contributed by atoms with Gasteiger partial charge < -0.3 is 15.2 Å². The van der Waals surface area contributed by atoms with Gasteiger partial charge in [0.15, 0.2) is 0 Å². The van der Waals surface area contributed by atoms with Crippen molar-refractivity contribution in [2.24, 2.45) is 0 Å². The molecule has 0 saturated carbocycles. The highest BCUT2D eigenvalue weighted by Crippen LogP contribution is 2.09. The van der Waals surface area contributed by atoms with Crippen LogP contribution in [0, 0.1) is 0 Å². The number of rotatable bonds is 8. The second-order valence-electron chi connectivity index (χ2n) is 4.23. The molecule has 0 aliphatic rings. The minimum absolute atomic E-state index is 0.357. The van der Waals surface area contributed by atoms with E-state index in [9.17, 15) is 4.79 Å². The summed E-state index contributed by atoms with van der Waals surface area (Å²) in [5, 5.41) is 11.9. The number of carboxylic acids is 1. The molecule has 0 aliphatic carbocycles. The molecule has 0 unspecified atom stereocenters. The standard InChI is InChI=1S/C15H21NO3/c1-3-19-11-14-7-5-4-6-13(14)10-16-9-8-12(2)15(17)18/h4-8,16H,3,9-11H2,1-2H3,(H,17,18)/b12-8-. The van der Waals surface area contributed by atoms with Crippen LogP contribution in [0.4, 0.5) is 0 Å². The van der Waals surface area contributed by atoms with Gasteiger partial charge in [0.2, 0.25) is 0 Å². The van der Waals surface area contributed by atoms with E-state index in [2.05, 4.69) is 11.4 Å². The van der Waals surface area contributed by atoms with Crippen LogP contribution in [0.1, 0.15) is 25.0 Å². The normalized spacial score (nSPS) is 11.6. The molecule has 2 N–H and O–H groups in total. The Morgan fingerprint density at radius 2 is 2.05 bits per heavy atom. The van der Waals surface area contributed by atoms with Gasteiger partial charge in [-0.15, -0.1) is 0 Å². The molecule has 1 aromatic carbocycles. The quantitative estimate of drug-likeness (QED) is 0.558. The highest BCUT2D eigenvalue weighted by Gasteiger charge is 2.01. The zero-order valence-corrected chi connectivity index (χ0v) is 11.5. The lowest BCUT2D eigenvalue weighted by atomic mass is 10.1. The van der Waals surface area contributed by atoms with Gasteiger partial charge in [0.1, 0.15) is 0 Å². The van der Waals surface area contributed by atoms with Crippen LogP contribution in [0.3, 0.4) is 0 Å². The first-order valence-electron chi connectivity index (χ1n) is 6.40. The molecule has 1 rings (SSSR count). The molecular formula is C15H21NO3. The van der Waals surface area contributed by atoms with E-state index in [1.54, 1.807) is 13.0 Å². The Morgan fingerprint density at radius 3 is 2.68 bits per heavy atom. The van der Waals surface area contributed by atoms with Crippen LogP contribution in [0.25, 0.3) is 0 Å². The molecule has 0 fully saturated rings. The number of benzene rings is 1. The number of ether oxygens (including phenoxy) is 1. The third-order valence-corrected chi connectivity index (χ3v) is 2.79. The molecule has 1 aromatic rings. The number of nitrogens with one attached hydrogen (secondary N) is 1. The van der Waals surface area contributed by atoms with E-state index in [1.807, 2.05) is 25.1 Å². The van der Waals surface area contributed by atoms with Gasteiger partial charge in [0, 0.05) is 25.3 Å². The predicted molar refractivity (Wildman–Crippen MR) is 74.9 cm³/mol. The summed E-state index contributed by atoms with van der Waals surface area (Å²) in [6.45, 7) is 6.11. The summed E-state index contributed by atoms with van der Waals surface area (Å²) >= 11 is 0. The molecule has 0 saturated heterocycles. The first-order valence-corrected chi connectivity index (χ1v) is 6.40. The van der Waals surface area contributed by atoms with E-state index in [4.69, 9.17) is 9.84 Å². The van der Waals surface area contributed by atoms with Crippen LogP contribution in [-0.4, -0.2) is 24.2 Å². The molecule has 0 amide bonds. The summed E-state index contributed by atoms with van der Waals surface area (Å²) in [5.74, 6) is -0.876. The molecule has 19 heavy (non-hydrogen) atoms. The van der Waals surface area contributed by atoms with Gasteiger partial charge in [-0.25, -0.2) is 4.79 Å². The van der Waals surface area contributed by atoms with E-state index >= 15 is 0 Å². The van der Waals surface area contributed by atoms with Crippen molar-refractivity contribution in [3.05, 3.63) is 47.0 Å². The zero-order valence-electron chi connectivity index (χ0n) is 11.5. The largest absolute Gasteiger partial charge is 0.478 e. The fourth-order valence-electron chi connectivity index (χ4n) is 1.60. The van der Waals surface area contributed by atoms with Gasteiger partial charge in [0.25, 0.3) is 0 Å². The molecule has 0 heterocycles. The summed E-state index contributed by atoms with van der Waals surface area (Å²) in [4.78, 5) is 10.6. The van der Waals surface area contributed by atoms with Crippen molar-refractivity contribution in [3.63, 3.8) is 0 Å². The summed E-state index contributed by atoms with van der Waals surface area (Å²) in [5.41, 5.74) is 2.70. The topological polar surface area (TPSA) is 58.6 Å². The lowest BCUT2D eigenvalue weighted by Gasteiger charge is -2.09. The second-order valence-corrected chi connectivity index (χ2v) is 4.23. The molecular weight excluding hydrogens is 242 g/mol. The maximum atomic E-state index is 10.6. The molecule has 0 aromatic heterocycles. The summed E-state index contributed by atoms with van der Waals surface area (Å²) in [6.07, 6.45) is 1.67. The van der Waals surface area contributed by atoms with Gasteiger partial charge in [-0.2, -0.15) is 0 Å². The van der Waals surface area contributed by atoms with Crippen molar-refractivity contribution >= 4 is 5.97 Å². The van der Waals surface area contributed by atoms with E-state index in [0.29, 0.717) is 31.9 Å². The molecule has 4 heteroatoms. The van der Waals surface area contributed by atoms with Gasteiger partial charge in [0.05, 0.1) is 6.61 Å². The van der Waals surface area contributed by atoms with Crippen LogP contribution in [0.15, 0.2) is 35.9 Å². The van der Waals surface area contributed by atoms with Gasteiger partial charge in [-0.3, -0.25) is 0 Å². The maximum Gasteiger partial charge on any atom is 0.330 e. The van der Waals surface area contributed by atoms with Crippen LogP contribution < -0.4 is 5.32 Å². The van der Waals surface area contributed by atoms with E-state index in [0.717, 1.165) is 5.56 Å². The lowest BCUT2D eigenvalue weighted by Crippen LogP contribution is -2.15. The Hall–Kier alpha value is -1.65. The number of hydrogen-bond donors (Lipinski definition) is 2. The molecule has 0 spiro atoms. The van der Waals surface area contributed by atoms with Gasteiger partial charge >= 0.3 is 5.97 Å². The van der Waals surface area contributed by atoms with Crippen molar-refractivity contribution in [1.82, 2.24) is 5.32 Å². The minimum Gasteiger partial charge on any atom is -0.478 e. The number of aliphatic carboxylic acids is 1. The van der Waals surface area contributed by atoms with Crippen molar-refractivity contribution in [2.45, 2.75) is 27.0 Å². The number of carbonyl (C=O) groups is 1. The van der Waals surface area contributed by atoms with Crippen LogP contribution in [0.5, 0.6) is 0 Å². The Morgan fingerprint density at radius 1 is 1.37 bits per heavy atom. The Bertz CT molecular complexity index is 441. The van der Waals surface area contributed by atoms with E-state index < -0.39 is 5.97 Å². The maximum absolute atomic E-state index is 10.6. The first kappa shape index (κ1) is 15.4. The van der Waals surface area contributed by atoms with Crippen molar-refractivity contribution in [2.75, 3.05) is 13.2 Å². The molecule has 4 nitrogen and oxygen atoms in total. The second kappa shape index (κ2) is 8.45.